The van der Waals surface area contributed by atoms with E-state index in [2.05, 4.69) is 15.5 Å². The number of alkyl halides is 3. The number of anilines is 1. The Morgan fingerprint density at radius 1 is 1.26 bits per heavy atom. The van der Waals surface area contributed by atoms with Crippen molar-refractivity contribution >= 4 is 45.8 Å². The van der Waals surface area contributed by atoms with Crippen LogP contribution in [0.3, 0.4) is 0 Å². The van der Waals surface area contributed by atoms with E-state index in [4.69, 9.17) is 11.6 Å². The van der Waals surface area contributed by atoms with Crippen molar-refractivity contribution in [3.05, 3.63) is 52.7 Å². The summed E-state index contributed by atoms with van der Waals surface area (Å²) in [5.74, 6) is -1.25. The van der Waals surface area contributed by atoms with Gasteiger partial charge in [0.2, 0.25) is 0 Å². The molecule has 0 saturated carbocycles. The van der Waals surface area contributed by atoms with Crippen molar-refractivity contribution in [2.45, 2.75) is 3.93 Å². The second-order valence-electron chi connectivity index (χ2n) is 5.65. The lowest BCUT2D eigenvalue weighted by molar-refractivity contribution is 0.101. The molecule has 1 N–H and O–H groups in total. The van der Waals surface area contributed by atoms with Crippen LogP contribution in [0.15, 0.2) is 30.5 Å². The van der Waals surface area contributed by atoms with Crippen LogP contribution in [0.2, 0.25) is 5.02 Å². The Kier molecular flexibility index (Phi) is 5.21. The zero-order valence-corrected chi connectivity index (χ0v) is 16.9. The molecule has 3 rings (SSSR count). The van der Waals surface area contributed by atoms with Gasteiger partial charge in [-0.05, 0) is 24.3 Å². The van der Waals surface area contributed by atoms with Gasteiger partial charge in [-0.3, -0.25) is 14.2 Å². The standard InChI is InChI=1S/C16H12ClF3IN5O/c1-25-12(6-13(24-25)16(19,20)21)9-4-3-8(5-11(9)18)23-15(27)14-10(17)7-22-26(14)2/h3-7H,1-2H3,(H,23,27). The number of carbonyl (C=O) groups excluding carboxylic acids is 1. The summed E-state index contributed by atoms with van der Waals surface area (Å²) < 4.78 is 40.7. The summed E-state index contributed by atoms with van der Waals surface area (Å²) in [6, 6.07) is 5.04. The molecule has 1 aromatic carbocycles. The first-order valence-electron chi connectivity index (χ1n) is 7.48. The lowest BCUT2D eigenvalue weighted by atomic mass is 10.1. The Labute approximate surface area is 170 Å². The second-order valence-corrected chi connectivity index (χ2v) is 7.41. The first-order chi connectivity index (χ1) is 12.6. The summed E-state index contributed by atoms with van der Waals surface area (Å²) >= 11 is 6.87. The van der Waals surface area contributed by atoms with Gasteiger partial charge >= 0.3 is 3.93 Å². The number of benzene rings is 1. The quantitative estimate of drug-likeness (QED) is 0.420. The molecule has 11 heteroatoms. The molecule has 6 nitrogen and oxygen atoms in total. The minimum atomic E-state index is -3.17. The first kappa shape index (κ1) is 19.7. The average Bonchev–Trinajstić information content (AvgIpc) is 3.10. The topological polar surface area (TPSA) is 64.7 Å². The number of aromatic nitrogens is 4. The Hall–Kier alpha value is -2.08. The molecular formula is C16H12ClF3IN5O. The molecule has 0 radical (unpaired) electrons. The highest BCUT2D eigenvalue weighted by Gasteiger charge is 2.31. The van der Waals surface area contributed by atoms with Crippen LogP contribution in [0, 0.1) is 5.82 Å². The molecule has 0 atom stereocenters. The molecule has 0 fully saturated rings. The minimum absolute atomic E-state index is 0.0773. The number of amides is 1. The van der Waals surface area contributed by atoms with Gasteiger partial charge in [-0.15, -0.1) is 0 Å². The maximum atomic E-state index is 14.5. The number of hydrogen-bond donors (Lipinski definition) is 1. The number of halogens is 5. The van der Waals surface area contributed by atoms with E-state index in [0.29, 0.717) is 0 Å². The van der Waals surface area contributed by atoms with E-state index in [1.54, 1.807) is 7.05 Å². The molecule has 0 spiro atoms. The summed E-state index contributed by atoms with van der Waals surface area (Å²) in [5, 5.41) is 10.3. The minimum Gasteiger partial charge on any atom is -0.321 e. The van der Waals surface area contributed by atoms with Crippen molar-refractivity contribution < 1.29 is 18.0 Å². The van der Waals surface area contributed by atoms with Crippen molar-refractivity contribution in [3.8, 4) is 11.3 Å². The van der Waals surface area contributed by atoms with Crippen molar-refractivity contribution in [2.24, 2.45) is 14.1 Å². The maximum absolute atomic E-state index is 14.5. The lowest BCUT2D eigenvalue weighted by Gasteiger charge is -2.09. The molecule has 2 aromatic heterocycles. The Balaban J connectivity index is 1.89. The van der Waals surface area contributed by atoms with Crippen molar-refractivity contribution in [1.82, 2.24) is 19.6 Å². The molecule has 0 aliphatic carbocycles. The number of carbonyl (C=O) groups is 1. The smallest absolute Gasteiger partial charge is 0.321 e. The van der Waals surface area contributed by atoms with Crippen LogP contribution in [-0.2, 0) is 18.0 Å². The van der Waals surface area contributed by atoms with E-state index in [9.17, 15) is 18.0 Å². The van der Waals surface area contributed by atoms with Crippen molar-refractivity contribution in [3.63, 3.8) is 0 Å². The molecule has 142 valence electrons. The normalized spacial score (nSPS) is 11.7. The highest BCUT2D eigenvalue weighted by atomic mass is 127. The summed E-state index contributed by atoms with van der Waals surface area (Å²) in [5.41, 5.74) is 0.102. The molecule has 0 bridgehead atoms. The Morgan fingerprint density at radius 3 is 2.48 bits per heavy atom. The van der Waals surface area contributed by atoms with Crippen molar-refractivity contribution in [2.75, 3.05) is 5.32 Å². The number of rotatable bonds is 4. The van der Waals surface area contributed by atoms with Gasteiger partial charge in [0.25, 0.3) is 5.91 Å². The molecule has 0 unspecified atom stereocenters. The van der Waals surface area contributed by atoms with E-state index >= 15 is 0 Å². The van der Waals surface area contributed by atoms with Crippen LogP contribution in [0.5, 0.6) is 0 Å². The fourth-order valence-electron chi connectivity index (χ4n) is 2.51. The van der Waals surface area contributed by atoms with Crippen LogP contribution in [-0.4, -0.2) is 25.5 Å². The van der Waals surface area contributed by atoms with Gasteiger partial charge in [0.15, 0.2) is 0 Å². The van der Waals surface area contributed by atoms with Gasteiger partial charge in [-0.2, -0.15) is 19.0 Å². The number of nitrogens with zero attached hydrogens (tertiary/aromatic N) is 4. The van der Waals surface area contributed by atoms with Crippen LogP contribution < -0.4 is 5.32 Å². The third-order valence-corrected chi connectivity index (χ3v) is 4.61. The molecule has 0 aliphatic rings. The second kappa shape index (κ2) is 7.15. The van der Waals surface area contributed by atoms with Gasteiger partial charge in [0.1, 0.15) is 17.2 Å². The van der Waals surface area contributed by atoms with Gasteiger partial charge in [-0.1, -0.05) is 11.6 Å². The van der Waals surface area contributed by atoms with Crippen LogP contribution in [0.25, 0.3) is 11.3 Å². The molecule has 27 heavy (non-hydrogen) atoms. The number of aryl methyl sites for hydroxylation is 2. The van der Waals surface area contributed by atoms with Gasteiger partial charge in [0.05, 0.1) is 16.9 Å². The van der Waals surface area contributed by atoms with E-state index in [-0.39, 0.29) is 27.7 Å². The highest BCUT2D eigenvalue weighted by Crippen LogP contribution is 2.36. The van der Waals surface area contributed by atoms with E-state index in [1.807, 2.05) is 0 Å². The van der Waals surface area contributed by atoms with Gasteiger partial charge in [0, 0.05) is 47.9 Å². The monoisotopic (exact) mass is 509 g/mol. The van der Waals surface area contributed by atoms with E-state index in [1.165, 1.54) is 34.7 Å². The highest BCUT2D eigenvalue weighted by molar-refractivity contribution is 14.1. The first-order valence-corrected chi connectivity index (χ1v) is 8.93. The van der Waals surface area contributed by atoms with Crippen LogP contribution in [0.4, 0.5) is 18.9 Å². The molecule has 3 aromatic rings. The molecule has 2 heterocycles. The number of nitrogens with one attached hydrogen (secondary N) is 1. The van der Waals surface area contributed by atoms with Crippen LogP contribution in [0.1, 0.15) is 16.2 Å². The fraction of sp³-hybridized carbons (Fsp3) is 0.188. The molecule has 1 amide bonds. The van der Waals surface area contributed by atoms with Crippen LogP contribution >= 0.6 is 34.2 Å². The molecule has 0 saturated heterocycles. The Bertz CT molecular complexity index is 1010. The largest absolute Gasteiger partial charge is 0.339 e. The summed E-state index contributed by atoms with van der Waals surface area (Å²) in [6.07, 6.45) is 1.32. The van der Waals surface area contributed by atoms with E-state index in [0.717, 1.165) is 34.7 Å². The fourth-order valence-corrected chi connectivity index (χ4v) is 3.03. The summed E-state index contributed by atoms with van der Waals surface area (Å²) in [4.78, 5) is 12.3. The maximum Gasteiger partial charge on any atom is 0.339 e. The third-order valence-electron chi connectivity index (χ3n) is 3.78. The Morgan fingerprint density at radius 2 is 1.96 bits per heavy atom. The molecular weight excluding hydrogens is 498 g/mol. The predicted octanol–water partition coefficient (Wildman–Crippen LogP) is 4.35. The lowest BCUT2D eigenvalue weighted by Crippen LogP contribution is -2.16. The van der Waals surface area contributed by atoms with Gasteiger partial charge < -0.3 is 5.32 Å². The summed E-state index contributed by atoms with van der Waals surface area (Å²) in [7, 11) is 2.99. The van der Waals surface area contributed by atoms with Gasteiger partial charge in [-0.25, -0.2) is 4.39 Å². The SMILES string of the molecule is Cn1nc(C(F)(F)I)cc1-c1ccc(NC(=O)c2c(Cl)cnn2C)cc1F. The summed E-state index contributed by atoms with van der Waals surface area (Å²) in [6.45, 7) is 0. The van der Waals surface area contributed by atoms with Crippen molar-refractivity contribution in [1.29, 1.82) is 0 Å². The number of hydrogen-bond acceptors (Lipinski definition) is 3. The predicted molar refractivity (Wildman–Crippen MR) is 103 cm³/mol. The van der Waals surface area contributed by atoms with E-state index < -0.39 is 21.3 Å². The zero-order valence-electron chi connectivity index (χ0n) is 14.0. The average molecular weight is 510 g/mol. The third kappa shape index (κ3) is 3.95. The zero-order chi connectivity index (χ0) is 19.9. The molecule has 0 aliphatic heterocycles.